The molecule has 0 saturated carbocycles. The van der Waals surface area contributed by atoms with Gasteiger partial charge in [-0.15, -0.1) is 0 Å². The van der Waals surface area contributed by atoms with Gasteiger partial charge in [0.05, 0.1) is 5.69 Å². The maximum atomic E-state index is 12.6. The van der Waals surface area contributed by atoms with Crippen molar-refractivity contribution in [2.24, 2.45) is 0 Å². The molecule has 0 unspecified atom stereocenters. The number of benzene rings is 2. The molecule has 0 aliphatic heterocycles. The molecule has 4 rings (SSSR count). The van der Waals surface area contributed by atoms with Crippen LogP contribution in [-0.4, -0.2) is 25.7 Å². The number of hydrogen-bond donors (Lipinski definition) is 4. The van der Waals surface area contributed by atoms with E-state index in [1.807, 2.05) is 71.6 Å². The van der Waals surface area contributed by atoms with Crippen molar-refractivity contribution in [3.8, 4) is 17.3 Å². The monoisotopic (exact) mass is 373 g/mol. The van der Waals surface area contributed by atoms with E-state index in [0.29, 0.717) is 17.8 Å². The van der Waals surface area contributed by atoms with Gasteiger partial charge in [-0.1, -0.05) is 30.3 Å². The quantitative estimate of drug-likeness (QED) is 0.425. The molecule has 0 saturated heterocycles. The Morgan fingerprint density at radius 3 is 2.29 bits per heavy atom. The molecular weight excluding hydrogens is 354 g/mol. The van der Waals surface area contributed by atoms with Gasteiger partial charge < -0.3 is 25.1 Å². The average Bonchev–Trinajstić information content (AvgIpc) is 3.32. The fraction of sp³-hybridized carbons (Fsp3) is 0.0455. The number of nitrogens with zero attached hydrogens (tertiary/aromatic N) is 1. The molecule has 4 N–H and O–H groups in total. The van der Waals surface area contributed by atoms with Crippen LogP contribution in [0.2, 0.25) is 0 Å². The molecule has 28 heavy (non-hydrogen) atoms. The van der Waals surface area contributed by atoms with Crippen molar-refractivity contribution in [3.05, 3.63) is 95.9 Å². The minimum atomic E-state index is -0.584. The predicted octanol–water partition coefficient (Wildman–Crippen LogP) is 4.06. The number of carbonyl (C=O) groups excluding carboxylic acids is 1. The van der Waals surface area contributed by atoms with Crippen molar-refractivity contribution in [1.82, 2.24) is 9.55 Å². The van der Waals surface area contributed by atoms with Crippen molar-refractivity contribution < 1.29 is 15.0 Å². The first-order chi connectivity index (χ1) is 13.6. The lowest BCUT2D eigenvalue weighted by atomic mass is 10.1. The number of anilines is 1. The van der Waals surface area contributed by atoms with Crippen LogP contribution in [0.15, 0.2) is 79.1 Å². The Hall–Kier alpha value is -3.93. The van der Waals surface area contributed by atoms with Crippen LogP contribution in [0, 0.1) is 0 Å². The fourth-order valence-electron chi connectivity index (χ4n) is 3.09. The van der Waals surface area contributed by atoms with Gasteiger partial charge in [0.25, 0.3) is 5.91 Å². The second-order valence-corrected chi connectivity index (χ2v) is 6.43. The summed E-state index contributed by atoms with van der Waals surface area (Å²) in [4.78, 5) is 15.3. The van der Waals surface area contributed by atoms with Gasteiger partial charge in [0.2, 0.25) is 5.88 Å². The Balaban J connectivity index is 1.52. The zero-order valence-corrected chi connectivity index (χ0v) is 15.0. The summed E-state index contributed by atoms with van der Waals surface area (Å²) in [7, 11) is 0. The number of amides is 1. The van der Waals surface area contributed by atoms with Crippen LogP contribution in [0.4, 0.5) is 5.69 Å². The summed E-state index contributed by atoms with van der Waals surface area (Å²) in [6.45, 7) is 0. The minimum absolute atomic E-state index is 0.166. The lowest BCUT2D eigenvalue weighted by Gasteiger charge is -2.07. The number of rotatable bonds is 5. The lowest BCUT2D eigenvalue weighted by molar-refractivity contribution is 0.102. The Labute approximate surface area is 161 Å². The molecule has 0 atom stereocenters. The van der Waals surface area contributed by atoms with Gasteiger partial charge in [0.15, 0.2) is 5.75 Å². The smallest absolute Gasteiger partial charge is 0.264 e. The summed E-state index contributed by atoms with van der Waals surface area (Å²) in [5.41, 5.74) is 2.69. The second-order valence-electron chi connectivity index (χ2n) is 6.43. The third-order valence-electron chi connectivity index (χ3n) is 4.51. The van der Waals surface area contributed by atoms with Crippen molar-refractivity contribution in [3.63, 3.8) is 0 Å². The predicted molar refractivity (Wildman–Crippen MR) is 107 cm³/mol. The first-order valence-electron chi connectivity index (χ1n) is 8.83. The van der Waals surface area contributed by atoms with Crippen LogP contribution in [0.3, 0.4) is 0 Å². The van der Waals surface area contributed by atoms with Gasteiger partial charge in [0.1, 0.15) is 5.56 Å². The van der Waals surface area contributed by atoms with E-state index < -0.39 is 5.91 Å². The number of aromatic amines is 1. The highest BCUT2D eigenvalue weighted by atomic mass is 16.3. The van der Waals surface area contributed by atoms with E-state index >= 15 is 0 Å². The number of aromatic hydroxyl groups is 2. The molecule has 2 heterocycles. The van der Waals surface area contributed by atoms with Crippen molar-refractivity contribution >= 4 is 11.6 Å². The maximum Gasteiger partial charge on any atom is 0.264 e. The topological polar surface area (TPSA) is 90.3 Å². The summed E-state index contributed by atoms with van der Waals surface area (Å²) in [6, 6.07) is 20.6. The zero-order chi connectivity index (χ0) is 19.5. The molecule has 0 fully saturated rings. The second kappa shape index (κ2) is 7.36. The van der Waals surface area contributed by atoms with Crippen LogP contribution in [-0.2, 0) is 6.42 Å². The van der Waals surface area contributed by atoms with Gasteiger partial charge >= 0.3 is 0 Å². The molecule has 0 aliphatic carbocycles. The molecule has 0 aliphatic rings. The van der Waals surface area contributed by atoms with Gasteiger partial charge in [-0.3, -0.25) is 4.79 Å². The zero-order valence-electron chi connectivity index (χ0n) is 15.0. The molecule has 2 aromatic heterocycles. The van der Waals surface area contributed by atoms with E-state index in [0.717, 1.165) is 11.3 Å². The van der Waals surface area contributed by atoms with Crippen LogP contribution >= 0.6 is 0 Å². The Morgan fingerprint density at radius 2 is 1.61 bits per heavy atom. The Bertz CT molecular complexity index is 1080. The number of nitrogens with one attached hydrogen (secondary N) is 2. The number of aromatic nitrogens is 2. The van der Waals surface area contributed by atoms with E-state index in [9.17, 15) is 15.0 Å². The maximum absolute atomic E-state index is 12.6. The van der Waals surface area contributed by atoms with Crippen molar-refractivity contribution in [1.29, 1.82) is 0 Å². The molecule has 6 nitrogen and oxygen atoms in total. The SMILES string of the molecule is O=C(Nc1ccc(-n2cccc2)cc1)c1c(O)[nH]c(Cc2ccccc2)c1O. The fourth-order valence-corrected chi connectivity index (χ4v) is 3.09. The van der Waals surface area contributed by atoms with Crippen LogP contribution in [0.25, 0.3) is 5.69 Å². The summed E-state index contributed by atoms with van der Waals surface area (Å²) < 4.78 is 1.95. The molecule has 1 amide bonds. The van der Waals surface area contributed by atoms with E-state index in [1.54, 1.807) is 12.1 Å². The first kappa shape index (κ1) is 17.5. The highest BCUT2D eigenvalue weighted by Crippen LogP contribution is 2.32. The van der Waals surface area contributed by atoms with Crippen LogP contribution < -0.4 is 5.32 Å². The molecule has 140 valence electrons. The normalized spacial score (nSPS) is 10.7. The molecule has 0 bridgehead atoms. The van der Waals surface area contributed by atoms with Gasteiger partial charge in [-0.25, -0.2) is 0 Å². The number of carbonyl (C=O) groups is 1. The molecule has 0 spiro atoms. The molecular formula is C22H19N3O3. The van der Waals surface area contributed by atoms with E-state index in [4.69, 9.17) is 0 Å². The Kier molecular flexibility index (Phi) is 4.60. The minimum Gasteiger partial charge on any atom is -0.505 e. The molecule has 6 heteroatoms. The van der Waals surface area contributed by atoms with E-state index in [2.05, 4.69) is 10.3 Å². The summed E-state index contributed by atoms with van der Waals surface area (Å²) in [6.07, 6.45) is 4.23. The van der Waals surface area contributed by atoms with Crippen LogP contribution in [0.5, 0.6) is 11.6 Å². The summed E-state index contributed by atoms with van der Waals surface area (Å²) >= 11 is 0. The largest absolute Gasteiger partial charge is 0.505 e. The average molecular weight is 373 g/mol. The Morgan fingerprint density at radius 1 is 0.929 bits per heavy atom. The third kappa shape index (κ3) is 3.48. The molecule has 0 radical (unpaired) electrons. The number of hydrogen-bond acceptors (Lipinski definition) is 3. The number of H-pyrrole nitrogens is 1. The highest BCUT2D eigenvalue weighted by molar-refractivity contribution is 6.08. The lowest BCUT2D eigenvalue weighted by Crippen LogP contribution is -2.11. The van der Waals surface area contributed by atoms with E-state index in [1.165, 1.54) is 0 Å². The van der Waals surface area contributed by atoms with Gasteiger partial charge in [0, 0.05) is 30.2 Å². The van der Waals surface area contributed by atoms with Crippen LogP contribution in [0.1, 0.15) is 21.6 Å². The van der Waals surface area contributed by atoms with Gasteiger partial charge in [-0.2, -0.15) is 0 Å². The van der Waals surface area contributed by atoms with Crippen molar-refractivity contribution in [2.45, 2.75) is 6.42 Å². The molecule has 4 aromatic rings. The standard InChI is InChI=1S/C22H19N3O3/c26-20-18(14-15-6-2-1-3-7-15)24-22(28)19(20)21(27)23-16-8-10-17(11-9-16)25-12-4-5-13-25/h1-13,24,26,28H,14H2,(H,23,27). The van der Waals surface area contributed by atoms with E-state index in [-0.39, 0.29) is 17.2 Å². The molecule has 2 aromatic carbocycles. The van der Waals surface area contributed by atoms with Crippen molar-refractivity contribution in [2.75, 3.05) is 5.32 Å². The summed E-state index contributed by atoms with van der Waals surface area (Å²) in [5.74, 6) is -1.19. The third-order valence-corrected chi connectivity index (χ3v) is 4.51. The van der Waals surface area contributed by atoms with Gasteiger partial charge in [-0.05, 0) is 42.0 Å². The highest BCUT2D eigenvalue weighted by Gasteiger charge is 2.23. The first-order valence-corrected chi connectivity index (χ1v) is 8.83. The summed E-state index contributed by atoms with van der Waals surface area (Å²) in [5, 5.41) is 23.3.